The van der Waals surface area contributed by atoms with E-state index in [9.17, 15) is 8.42 Å². The van der Waals surface area contributed by atoms with Gasteiger partial charge < -0.3 is 7.16 Å². The van der Waals surface area contributed by atoms with Gasteiger partial charge in [-0.3, -0.25) is 4.55 Å². The van der Waals surface area contributed by atoms with Crippen LogP contribution >= 0.6 is 0 Å². The van der Waals surface area contributed by atoms with Gasteiger partial charge in [-0.05, 0) is 18.2 Å². The Balaban J connectivity index is 0. The van der Waals surface area contributed by atoms with Gasteiger partial charge >= 0.3 is 29.6 Å². The first-order valence-corrected chi connectivity index (χ1v) is 4.27. The fourth-order valence-electron chi connectivity index (χ4n) is 0.675. The third-order valence-corrected chi connectivity index (χ3v) is 2.01. The zero-order valence-corrected chi connectivity index (χ0v) is 9.38. The maximum absolute atomic E-state index is 10.5. The summed E-state index contributed by atoms with van der Waals surface area (Å²) in [6, 6.07) is 5.45. The van der Waals surface area contributed by atoms with Crippen molar-refractivity contribution in [3.8, 4) is 0 Å². The fraction of sp³-hybridized carbons (Fsp3) is 0. The summed E-state index contributed by atoms with van der Waals surface area (Å²) >= 11 is 0. The zero-order chi connectivity index (χ0) is 8.48. The van der Waals surface area contributed by atoms with Crippen LogP contribution in [0.25, 0.3) is 0 Å². The molecule has 1 rings (SSSR count). The minimum atomic E-state index is -4.11. The molecule has 0 aromatic heterocycles. The Kier molecular flexibility index (Phi) is 4.22. The third-order valence-electron chi connectivity index (χ3n) is 1.16. The molecule has 1 aromatic rings. The zero-order valence-electron chi connectivity index (χ0n) is 7.56. The van der Waals surface area contributed by atoms with Gasteiger partial charge in [0.05, 0.1) is 4.90 Å². The summed E-state index contributed by atoms with van der Waals surface area (Å²) in [4.78, 5) is -0.183. The van der Waals surface area contributed by atoms with Gasteiger partial charge in [-0.1, -0.05) is 6.07 Å². The van der Waals surface area contributed by atoms with E-state index in [0.29, 0.717) is 5.69 Å². The first-order valence-electron chi connectivity index (χ1n) is 2.83. The normalized spacial score (nSPS) is 10.4. The Morgan fingerprint density at radius 3 is 2.33 bits per heavy atom. The van der Waals surface area contributed by atoms with E-state index in [1.54, 1.807) is 0 Å². The van der Waals surface area contributed by atoms with E-state index in [1.807, 2.05) is 0 Å². The van der Waals surface area contributed by atoms with Crippen LogP contribution in [0.5, 0.6) is 0 Å². The molecule has 0 aliphatic rings. The van der Waals surface area contributed by atoms with Crippen molar-refractivity contribution in [3.63, 3.8) is 0 Å². The maximum Gasteiger partial charge on any atom is 1.00 e. The summed E-state index contributed by atoms with van der Waals surface area (Å²) < 4.78 is 29.5. The second-order valence-corrected chi connectivity index (χ2v) is 3.47. The van der Waals surface area contributed by atoms with Gasteiger partial charge in [0.15, 0.2) is 0 Å². The number of anilines is 1. The molecule has 0 unspecified atom stereocenters. The number of nitrogen functional groups attached to an aromatic ring is 1. The molecule has 6 heteroatoms. The molecule has 12 heavy (non-hydrogen) atoms. The SMILES string of the molecule is Nc1cccc(S(=O)(=O)O)c1.[H-].[Na+]. The van der Waals surface area contributed by atoms with Crippen LogP contribution in [0.3, 0.4) is 0 Å². The van der Waals surface area contributed by atoms with Crippen molar-refractivity contribution in [1.29, 1.82) is 0 Å². The molecule has 0 radical (unpaired) electrons. The topological polar surface area (TPSA) is 80.4 Å². The van der Waals surface area contributed by atoms with Gasteiger partial charge in [-0.2, -0.15) is 8.42 Å². The van der Waals surface area contributed by atoms with Crippen LogP contribution in [0.1, 0.15) is 1.43 Å². The summed E-state index contributed by atoms with van der Waals surface area (Å²) in [5.74, 6) is 0. The van der Waals surface area contributed by atoms with E-state index in [0.717, 1.165) is 0 Å². The number of hydrogen-bond donors (Lipinski definition) is 2. The minimum absolute atomic E-state index is 0. The molecule has 0 saturated heterocycles. The van der Waals surface area contributed by atoms with E-state index < -0.39 is 10.1 Å². The van der Waals surface area contributed by atoms with Crippen LogP contribution < -0.4 is 35.3 Å². The fourth-order valence-corrected chi connectivity index (χ4v) is 1.21. The van der Waals surface area contributed by atoms with E-state index in [2.05, 4.69) is 0 Å². The molecular weight excluding hydrogens is 189 g/mol. The van der Waals surface area contributed by atoms with Crippen LogP contribution in [0, 0.1) is 0 Å². The monoisotopic (exact) mass is 197 g/mol. The Morgan fingerprint density at radius 1 is 1.42 bits per heavy atom. The largest absolute Gasteiger partial charge is 1.00 e. The van der Waals surface area contributed by atoms with Gasteiger partial charge in [0.25, 0.3) is 10.1 Å². The molecule has 0 spiro atoms. The molecular formula is C6H8NNaO3S. The predicted molar refractivity (Wildman–Crippen MR) is 41.8 cm³/mol. The number of rotatable bonds is 1. The molecule has 4 nitrogen and oxygen atoms in total. The number of benzene rings is 1. The Morgan fingerprint density at radius 2 is 2.00 bits per heavy atom. The molecule has 0 fully saturated rings. The van der Waals surface area contributed by atoms with Crippen molar-refractivity contribution in [1.82, 2.24) is 0 Å². The molecule has 1 aromatic carbocycles. The Bertz CT molecular complexity index is 368. The van der Waals surface area contributed by atoms with Crippen LogP contribution in [0.4, 0.5) is 5.69 Å². The summed E-state index contributed by atoms with van der Waals surface area (Å²) in [7, 11) is -4.11. The maximum atomic E-state index is 10.5. The van der Waals surface area contributed by atoms with Crippen LogP contribution in [-0.2, 0) is 10.1 Å². The number of nitrogens with two attached hydrogens (primary N) is 1. The third kappa shape index (κ3) is 3.12. The van der Waals surface area contributed by atoms with Crippen LogP contribution in [-0.4, -0.2) is 13.0 Å². The van der Waals surface area contributed by atoms with Gasteiger partial charge in [0.1, 0.15) is 0 Å². The predicted octanol–water partition coefficient (Wildman–Crippen LogP) is -2.37. The van der Waals surface area contributed by atoms with Gasteiger partial charge in [-0.25, -0.2) is 0 Å². The summed E-state index contributed by atoms with van der Waals surface area (Å²) in [5, 5.41) is 0. The summed E-state index contributed by atoms with van der Waals surface area (Å²) in [5.41, 5.74) is 5.59. The second-order valence-electron chi connectivity index (χ2n) is 2.05. The molecule has 0 heterocycles. The van der Waals surface area contributed by atoms with Crippen molar-refractivity contribution in [2.75, 3.05) is 5.73 Å². The van der Waals surface area contributed by atoms with Crippen molar-refractivity contribution in [2.24, 2.45) is 0 Å². The van der Waals surface area contributed by atoms with E-state index in [4.69, 9.17) is 10.3 Å². The van der Waals surface area contributed by atoms with E-state index >= 15 is 0 Å². The average molecular weight is 197 g/mol. The molecule has 0 amide bonds. The quantitative estimate of drug-likeness (QED) is 0.299. The Labute approximate surface area is 94.3 Å². The molecule has 0 aliphatic carbocycles. The average Bonchev–Trinajstić information content (AvgIpc) is 1.86. The molecule has 62 valence electrons. The van der Waals surface area contributed by atoms with Crippen molar-refractivity contribution < 1.29 is 44.0 Å². The van der Waals surface area contributed by atoms with Crippen molar-refractivity contribution >= 4 is 15.8 Å². The van der Waals surface area contributed by atoms with E-state index in [1.165, 1.54) is 24.3 Å². The van der Waals surface area contributed by atoms with Crippen LogP contribution in [0.2, 0.25) is 0 Å². The molecule has 3 N–H and O–H groups in total. The smallest absolute Gasteiger partial charge is 1.00 e. The first kappa shape index (κ1) is 11.9. The summed E-state index contributed by atoms with van der Waals surface area (Å²) in [6.45, 7) is 0. The molecule has 0 atom stereocenters. The van der Waals surface area contributed by atoms with Crippen molar-refractivity contribution in [2.45, 2.75) is 4.90 Å². The van der Waals surface area contributed by atoms with Gasteiger partial charge in [-0.15, -0.1) is 0 Å². The number of hydrogen-bond acceptors (Lipinski definition) is 3. The summed E-state index contributed by atoms with van der Waals surface area (Å²) in [6.07, 6.45) is 0. The van der Waals surface area contributed by atoms with Gasteiger partial charge in [0, 0.05) is 5.69 Å². The van der Waals surface area contributed by atoms with Crippen molar-refractivity contribution in [3.05, 3.63) is 24.3 Å². The van der Waals surface area contributed by atoms with E-state index in [-0.39, 0.29) is 35.9 Å². The van der Waals surface area contributed by atoms with Crippen LogP contribution in [0.15, 0.2) is 29.2 Å². The first-order chi connectivity index (χ1) is 5.00. The standard InChI is InChI=1S/C6H7NO3S.Na.H/c7-5-2-1-3-6(4-5)11(8,9)10;;/h1-4H,7H2,(H,8,9,10);;/q;+1;-1. The molecule has 0 bridgehead atoms. The molecule has 0 saturated carbocycles. The molecule has 0 aliphatic heterocycles. The van der Waals surface area contributed by atoms with Gasteiger partial charge in [0.2, 0.25) is 0 Å². The second kappa shape index (κ2) is 4.25. The minimum Gasteiger partial charge on any atom is -1.00 e. The Hall–Kier alpha value is -0.0700.